The first-order chi connectivity index (χ1) is 7.14. The second kappa shape index (κ2) is 5.77. The predicted octanol–water partition coefficient (Wildman–Crippen LogP) is 4.45. The number of hydrogen-bond donors (Lipinski definition) is 0. The van der Waals surface area contributed by atoms with Crippen molar-refractivity contribution in [3.05, 3.63) is 35.9 Å². The van der Waals surface area contributed by atoms with Crippen molar-refractivity contribution in [2.45, 2.75) is 25.7 Å². The van der Waals surface area contributed by atoms with Crippen molar-refractivity contribution < 1.29 is 0 Å². The fraction of sp³-hybridized carbons (Fsp3) is 0.538. The van der Waals surface area contributed by atoms with Gasteiger partial charge >= 0.3 is 0 Å². The van der Waals surface area contributed by atoms with Gasteiger partial charge in [0, 0.05) is 17.2 Å². The van der Waals surface area contributed by atoms with Crippen LogP contribution in [0.5, 0.6) is 0 Å². The Morgan fingerprint density at radius 2 is 1.60 bits per heavy atom. The van der Waals surface area contributed by atoms with E-state index < -0.39 is 0 Å². The summed E-state index contributed by atoms with van der Waals surface area (Å²) in [4.78, 5) is 0. The van der Waals surface area contributed by atoms with E-state index >= 15 is 0 Å². The minimum atomic E-state index is -0.0709. The summed E-state index contributed by atoms with van der Waals surface area (Å²) in [6.07, 6.45) is 1.03. The predicted molar refractivity (Wildman–Crippen MR) is 69.0 cm³/mol. The molecule has 2 heteroatoms. The molecule has 0 heterocycles. The summed E-state index contributed by atoms with van der Waals surface area (Å²) in [6, 6.07) is 10.3. The van der Waals surface area contributed by atoms with Gasteiger partial charge in [0.25, 0.3) is 0 Å². The van der Waals surface area contributed by atoms with Crippen LogP contribution >= 0.6 is 23.2 Å². The van der Waals surface area contributed by atoms with E-state index in [1.807, 2.05) is 18.2 Å². The third-order valence-corrected chi connectivity index (χ3v) is 3.72. The van der Waals surface area contributed by atoms with E-state index in [4.69, 9.17) is 23.2 Å². The van der Waals surface area contributed by atoms with Crippen molar-refractivity contribution in [3.8, 4) is 0 Å². The highest BCUT2D eigenvalue weighted by molar-refractivity contribution is 6.22. The van der Waals surface area contributed by atoms with E-state index in [1.165, 1.54) is 5.56 Å². The molecule has 1 aromatic rings. The third-order valence-electron chi connectivity index (χ3n) is 2.70. The second-order valence-corrected chi connectivity index (χ2v) is 5.05. The molecule has 0 aliphatic carbocycles. The molecule has 0 spiro atoms. The molecule has 0 aliphatic heterocycles. The van der Waals surface area contributed by atoms with Crippen molar-refractivity contribution >= 4 is 23.2 Å². The fourth-order valence-corrected chi connectivity index (χ4v) is 2.80. The Balaban J connectivity index is 3.00. The highest BCUT2D eigenvalue weighted by Crippen LogP contribution is 2.33. The molecule has 0 N–H and O–H groups in total. The van der Waals surface area contributed by atoms with E-state index in [0.29, 0.717) is 17.7 Å². The molecule has 0 fully saturated rings. The minimum absolute atomic E-state index is 0.0709. The van der Waals surface area contributed by atoms with Gasteiger partial charge in [-0.25, -0.2) is 0 Å². The van der Waals surface area contributed by atoms with E-state index in [9.17, 15) is 0 Å². The van der Waals surface area contributed by atoms with Gasteiger partial charge in [0.15, 0.2) is 0 Å². The quantitative estimate of drug-likeness (QED) is 0.672. The molecule has 1 aromatic carbocycles. The van der Waals surface area contributed by atoms with Crippen LogP contribution in [0.2, 0.25) is 0 Å². The van der Waals surface area contributed by atoms with Crippen LogP contribution in [0.25, 0.3) is 0 Å². The Labute approximate surface area is 103 Å². The number of rotatable bonds is 5. The van der Waals surface area contributed by atoms with Crippen molar-refractivity contribution in [2.75, 3.05) is 11.8 Å². The number of halogens is 2. The lowest BCUT2D eigenvalue weighted by atomic mass is 9.77. The zero-order valence-corrected chi connectivity index (χ0v) is 10.9. The average molecular weight is 245 g/mol. The topological polar surface area (TPSA) is 0 Å². The Hall–Kier alpha value is -0.200. The van der Waals surface area contributed by atoms with Crippen LogP contribution in [0.1, 0.15) is 25.8 Å². The number of hydrogen-bond acceptors (Lipinski definition) is 0. The second-order valence-electron chi connectivity index (χ2n) is 4.51. The normalized spacial score (nSPS) is 12.1. The Kier molecular flexibility index (Phi) is 4.95. The largest absolute Gasteiger partial charge is 0.126 e. The Morgan fingerprint density at radius 1 is 1.07 bits per heavy atom. The maximum atomic E-state index is 6.12. The van der Waals surface area contributed by atoms with Crippen LogP contribution in [0, 0.1) is 5.92 Å². The average Bonchev–Trinajstić information content (AvgIpc) is 2.27. The van der Waals surface area contributed by atoms with Gasteiger partial charge in [0.2, 0.25) is 0 Å². The van der Waals surface area contributed by atoms with E-state index in [1.54, 1.807) is 0 Å². The SMILES string of the molecule is CC(C)CC(CCl)(CCl)c1ccccc1. The third kappa shape index (κ3) is 3.12. The molecule has 0 saturated carbocycles. The lowest BCUT2D eigenvalue weighted by Crippen LogP contribution is -2.32. The van der Waals surface area contributed by atoms with E-state index in [0.717, 1.165) is 6.42 Å². The summed E-state index contributed by atoms with van der Waals surface area (Å²) in [5.74, 6) is 1.76. The molecule has 0 nitrogen and oxygen atoms in total. The van der Waals surface area contributed by atoms with Crippen molar-refractivity contribution in [1.29, 1.82) is 0 Å². The van der Waals surface area contributed by atoms with Gasteiger partial charge in [0.1, 0.15) is 0 Å². The summed E-state index contributed by atoms with van der Waals surface area (Å²) in [5, 5.41) is 0. The zero-order chi connectivity index (χ0) is 11.3. The first-order valence-corrected chi connectivity index (χ1v) is 6.39. The minimum Gasteiger partial charge on any atom is -0.126 e. The van der Waals surface area contributed by atoms with E-state index in [2.05, 4.69) is 26.0 Å². The first-order valence-electron chi connectivity index (χ1n) is 5.32. The summed E-state index contributed by atoms with van der Waals surface area (Å²) in [5.41, 5.74) is 1.18. The summed E-state index contributed by atoms with van der Waals surface area (Å²) < 4.78 is 0. The molecule has 0 atom stereocenters. The molecule has 15 heavy (non-hydrogen) atoms. The summed E-state index contributed by atoms with van der Waals surface area (Å²) in [7, 11) is 0. The smallest absolute Gasteiger partial charge is 0.0332 e. The molecule has 1 rings (SSSR count). The number of alkyl halides is 2. The molecule has 0 radical (unpaired) electrons. The van der Waals surface area contributed by atoms with Gasteiger partial charge in [-0.05, 0) is 17.9 Å². The molecule has 0 aliphatic rings. The maximum absolute atomic E-state index is 6.12. The zero-order valence-electron chi connectivity index (χ0n) is 9.34. The van der Waals surface area contributed by atoms with Crippen molar-refractivity contribution in [2.24, 2.45) is 5.92 Å². The Morgan fingerprint density at radius 3 is 2.00 bits per heavy atom. The number of benzene rings is 1. The molecule has 0 saturated heterocycles. The van der Waals surface area contributed by atoms with Gasteiger partial charge in [-0.3, -0.25) is 0 Å². The molecular formula is C13H18Cl2. The molecule has 84 valence electrons. The molecular weight excluding hydrogens is 227 g/mol. The Bertz CT molecular complexity index is 276. The van der Waals surface area contributed by atoms with Crippen molar-refractivity contribution in [3.63, 3.8) is 0 Å². The van der Waals surface area contributed by atoms with Crippen LogP contribution in [0.3, 0.4) is 0 Å². The molecule has 0 amide bonds. The lowest BCUT2D eigenvalue weighted by Gasteiger charge is -2.32. The summed E-state index contributed by atoms with van der Waals surface area (Å²) in [6.45, 7) is 4.41. The van der Waals surface area contributed by atoms with Gasteiger partial charge < -0.3 is 0 Å². The maximum Gasteiger partial charge on any atom is 0.0332 e. The van der Waals surface area contributed by atoms with Gasteiger partial charge in [-0.2, -0.15) is 0 Å². The first kappa shape index (κ1) is 12.9. The lowest BCUT2D eigenvalue weighted by molar-refractivity contribution is 0.408. The molecule has 0 unspecified atom stereocenters. The monoisotopic (exact) mass is 244 g/mol. The van der Waals surface area contributed by atoms with Gasteiger partial charge in [-0.15, -0.1) is 23.2 Å². The molecule has 0 bridgehead atoms. The van der Waals surface area contributed by atoms with Crippen LogP contribution < -0.4 is 0 Å². The van der Waals surface area contributed by atoms with Crippen LogP contribution in [-0.4, -0.2) is 11.8 Å². The van der Waals surface area contributed by atoms with Gasteiger partial charge in [0.05, 0.1) is 0 Å². The van der Waals surface area contributed by atoms with Gasteiger partial charge in [-0.1, -0.05) is 44.2 Å². The highest BCUT2D eigenvalue weighted by Gasteiger charge is 2.31. The van der Waals surface area contributed by atoms with Crippen LogP contribution in [-0.2, 0) is 5.41 Å². The van der Waals surface area contributed by atoms with Crippen molar-refractivity contribution in [1.82, 2.24) is 0 Å². The van der Waals surface area contributed by atoms with Crippen LogP contribution in [0.4, 0.5) is 0 Å². The summed E-state index contributed by atoms with van der Waals surface area (Å²) >= 11 is 12.2. The fourth-order valence-electron chi connectivity index (χ4n) is 1.99. The molecule has 0 aromatic heterocycles. The van der Waals surface area contributed by atoms with E-state index in [-0.39, 0.29) is 5.41 Å². The van der Waals surface area contributed by atoms with Crippen LogP contribution in [0.15, 0.2) is 30.3 Å². The highest BCUT2D eigenvalue weighted by atomic mass is 35.5. The standard InChI is InChI=1S/C13H18Cl2/c1-11(2)8-13(9-14,10-15)12-6-4-3-5-7-12/h3-7,11H,8-10H2,1-2H3.